The minimum atomic E-state index is -0.261. The maximum absolute atomic E-state index is 13.1. The molecular weight excluding hydrogens is 250 g/mol. The SMILES string of the molecule is Fc1ccc(Cl)c(CC2(CCl)CCOC2)c1. The molecule has 1 aliphatic rings. The molecule has 0 aromatic heterocycles. The van der Waals surface area contributed by atoms with Crippen molar-refractivity contribution in [2.24, 2.45) is 5.41 Å². The van der Waals surface area contributed by atoms with Gasteiger partial charge in [0.2, 0.25) is 0 Å². The summed E-state index contributed by atoms with van der Waals surface area (Å²) in [6.07, 6.45) is 1.58. The van der Waals surface area contributed by atoms with Gasteiger partial charge in [-0.2, -0.15) is 0 Å². The van der Waals surface area contributed by atoms with Gasteiger partial charge in [0.15, 0.2) is 0 Å². The van der Waals surface area contributed by atoms with Gasteiger partial charge < -0.3 is 4.74 Å². The molecule has 1 fully saturated rings. The van der Waals surface area contributed by atoms with E-state index in [4.69, 9.17) is 27.9 Å². The van der Waals surface area contributed by atoms with Crippen LogP contribution in [0, 0.1) is 11.2 Å². The second-order valence-electron chi connectivity index (χ2n) is 4.35. The summed E-state index contributed by atoms with van der Waals surface area (Å²) in [6.45, 7) is 1.35. The van der Waals surface area contributed by atoms with Crippen LogP contribution in [0.5, 0.6) is 0 Å². The Morgan fingerprint density at radius 3 is 2.88 bits per heavy atom. The molecule has 1 heterocycles. The Balaban J connectivity index is 2.21. The van der Waals surface area contributed by atoms with Crippen LogP contribution in [0.4, 0.5) is 4.39 Å². The second-order valence-corrected chi connectivity index (χ2v) is 5.02. The van der Waals surface area contributed by atoms with E-state index in [0.717, 1.165) is 18.6 Å². The topological polar surface area (TPSA) is 9.23 Å². The first kappa shape index (κ1) is 12.2. The van der Waals surface area contributed by atoms with Crippen LogP contribution in [0.2, 0.25) is 5.02 Å². The maximum atomic E-state index is 13.1. The highest BCUT2D eigenvalue weighted by atomic mass is 35.5. The summed E-state index contributed by atoms with van der Waals surface area (Å²) >= 11 is 12.0. The molecule has 16 heavy (non-hydrogen) atoms. The zero-order valence-electron chi connectivity index (χ0n) is 8.81. The highest BCUT2D eigenvalue weighted by Crippen LogP contribution is 2.35. The molecule has 4 heteroatoms. The predicted octanol–water partition coefficient (Wildman–Crippen LogP) is 3.67. The number of halogens is 3. The summed E-state index contributed by atoms with van der Waals surface area (Å²) in [7, 11) is 0. The molecule has 0 saturated carbocycles. The first-order valence-corrected chi connectivity index (χ1v) is 6.14. The van der Waals surface area contributed by atoms with E-state index in [1.807, 2.05) is 0 Å². The molecule has 1 atom stereocenters. The van der Waals surface area contributed by atoms with E-state index in [9.17, 15) is 4.39 Å². The van der Waals surface area contributed by atoms with Gasteiger partial charge >= 0.3 is 0 Å². The van der Waals surface area contributed by atoms with E-state index in [1.165, 1.54) is 12.1 Å². The quantitative estimate of drug-likeness (QED) is 0.756. The van der Waals surface area contributed by atoms with Crippen LogP contribution in [-0.2, 0) is 11.2 Å². The van der Waals surface area contributed by atoms with Gasteiger partial charge in [0, 0.05) is 22.9 Å². The number of alkyl halides is 1. The Morgan fingerprint density at radius 1 is 1.44 bits per heavy atom. The molecule has 1 aromatic carbocycles. The molecule has 0 radical (unpaired) electrons. The lowest BCUT2D eigenvalue weighted by Gasteiger charge is -2.24. The lowest BCUT2D eigenvalue weighted by Crippen LogP contribution is -2.26. The first-order valence-electron chi connectivity index (χ1n) is 5.23. The van der Waals surface area contributed by atoms with E-state index in [1.54, 1.807) is 6.07 Å². The molecule has 1 nitrogen and oxygen atoms in total. The van der Waals surface area contributed by atoms with Gasteiger partial charge in [-0.05, 0) is 36.6 Å². The van der Waals surface area contributed by atoms with Crippen molar-refractivity contribution < 1.29 is 9.13 Å². The van der Waals surface area contributed by atoms with Crippen LogP contribution in [0.3, 0.4) is 0 Å². The molecule has 1 aromatic rings. The molecule has 0 N–H and O–H groups in total. The molecule has 0 amide bonds. The van der Waals surface area contributed by atoms with Crippen molar-refractivity contribution in [1.29, 1.82) is 0 Å². The maximum Gasteiger partial charge on any atom is 0.123 e. The first-order chi connectivity index (χ1) is 7.65. The highest BCUT2D eigenvalue weighted by Gasteiger charge is 2.34. The Labute approximate surface area is 105 Å². The number of ether oxygens (including phenoxy) is 1. The lowest BCUT2D eigenvalue weighted by molar-refractivity contribution is 0.161. The Morgan fingerprint density at radius 2 is 2.25 bits per heavy atom. The normalized spacial score (nSPS) is 24.9. The van der Waals surface area contributed by atoms with Crippen LogP contribution >= 0.6 is 23.2 Å². The fourth-order valence-corrected chi connectivity index (χ4v) is 2.51. The van der Waals surface area contributed by atoms with Gasteiger partial charge in [-0.15, -0.1) is 11.6 Å². The molecule has 88 valence electrons. The van der Waals surface area contributed by atoms with Gasteiger partial charge in [0.1, 0.15) is 5.82 Å². The van der Waals surface area contributed by atoms with E-state index in [0.29, 0.717) is 23.9 Å². The summed E-state index contributed by atoms with van der Waals surface area (Å²) in [5.41, 5.74) is 0.728. The van der Waals surface area contributed by atoms with Crippen LogP contribution in [0.15, 0.2) is 18.2 Å². The summed E-state index contributed by atoms with van der Waals surface area (Å²) in [5, 5.41) is 0.595. The smallest absolute Gasteiger partial charge is 0.123 e. The average molecular weight is 263 g/mol. The molecule has 0 bridgehead atoms. The molecule has 1 unspecified atom stereocenters. The van der Waals surface area contributed by atoms with Crippen molar-refractivity contribution in [2.75, 3.05) is 19.1 Å². The van der Waals surface area contributed by atoms with Gasteiger partial charge in [0.05, 0.1) is 6.61 Å². The Hall–Kier alpha value is -0.310. The number of hydrogen-bond acceptors (Lipinski definition) is 1. The van der Waals surface area contributed by atoms with Gasteiger partial charge in [-0.1, -0.05) is 11.6 Å². The van der Waals surface area contributed by atoms with Crippen LogP contribution < -0.4 is 0 Å². The number of rotatable bonds is 3. The predicted molar refractivity (Wildman–Crippen MR) is 63.7 cm³/mol. The third kappa shape index (κ3) is 2.50. The molecule has 2 rings (SSSR count). The van der Waals surface area contributed by atoms with Crippen molar-refractivity contribution in [3.05, 3.63) is 34.6 Å². The summed E-state index contributed by atoms with van der Waals surface area (Å²) in [6, 6.07) is 4.43. The van der Waals surface area contributed by atoms with E-state index < -0.39 is 0 Å². The van der Waals surface area contributed by atoms with Crippen molar-refractivity contribution in [3.8, 4) is 0 Å². The van der Waals surface area contributed by atoms with Gasteiger partial charge in [-0.25, -0.2) is 4.39 Å². The summed E-state index contributed by atoms with van der Waals surface area (Å²) in [4.78, 5) is 0. The van der Waals surface area contributed by atoms with E-state index in [-0.39, 0.29) is 11.2 Å². The number of benzene rings is 1. The molecule has 1 saturated heterocycles. The van der Waals surface area contributed by atoms with Crippen molar-refractivity contribution >= 4 is 23.2 Å². The highest BCUT2D eigenvalue weighted by molar-refractivity contribution is 6.31. The van der Waals surface area contributed by atoms with Gasteiger partial charge in [-0.3, -0.25) is 0 Å². The van der Waals surface area contributed by atoms with Crippen molar-refractivity contribution in [1.82, 2.24) is 0 Å². The minimum Gasteiger partial charge on any atom is -0.381 e. The van der Waals surface area contributed by atoms with Gasteiger partial charge in [0.25, 0.3) is 0 Å². The van der Waals surface area contributed by atoms with Crippen molar-refractivity contribution in [2.45, 2.75) is 12.8 Å². The van der Waals surface area contributed by atoms with Crippen LogP contribution in [0.25, 0.3) is 0 Å². The van der Waals surface area contributed by atoms with Crippen molar-refractivity contribution in [3.63, 3.8) is 0 Å². The van der Waals surface area contributed by atoms with Crippen LogP contribution in [0.1, 0.15) is 12.0 Å². The van der Waals surface area contributed by atoms with Crippen LogP contribution in [-0.4, -0.2) is 19.1 Å². The summed E-state index contributed by atoms with van der Waals surface area (Å²) < 4.78 is 18.5. The number of hydrogen-bond donors (Lipinski definition) is 0. The van der Waals surface area contributed by atoms with E-state index >= 15 is 0 Å². The Kier molecular flexibility index (Phi) is 3.73. The fourth-order valence-electron chi connectivity index (χ4n) is 2.02. The molecule has 1 aliphatic heterocycles. The standard InChI is InChI=1S/C12H13Cl2FO/c13-7-12(3-4-16-8-12)6-9-5-10(15)1-2-11(9)14/h1-2,5H,3-4,6-8H2. The third-order valence-corrected chi connectivity index (χ3v) is 3.98. The Bertz CT molecular complexity index is 375. The zero-order valence-corrected chi connectivity index (χ0v) is 10.3. The monoisotopic (exact) mass is 262 g/mol. The lowest BCUT2D eigenvalue weighted by atomic mass is 9.83. The third-order valence-electron chi connectivity index (χ3n) is 3.04. The summed E-state index contributed by atoms with van der Waals surface area (Å²) in [5.74, 6) is 0.253. The van der Waals surface area contributed by atoms with E-state index in [2.05, 4.69) is 0 Å². The molecule has 0 aliphatic carbocycles. The zero-order chi connectivity index (χ0) is 11.6. The largest absolute Gasteiger partial charge is 0.381 e. The average Bonchev–Trinajstić information content (AvgIpc) is 2.73. The minimum absolute atomic E-state index is 0.0843. The molecule has 0 spiro atoms. The fraction of sp³-hybridized carbons (Fsp3) is 0.500. The second kappa shape index (κ2) is 4.91. The molecular formula is C12H13Cl2FO.